The fourth-order valence-corrected chi connectivity index (χ4v) is 3.78. The van der Waals surface area contributed by atoms with E-state index in [4.69, 9.17) is 0 Å². The first-order valence-electron chi connectivity index (χ1n) is 7.17. The fourth-order valence-electron chi connectivity index (χ4n) is 3.37. The highest BCUT2D eigenvalue weighted by Gasteiger charge is 2.40. The third-order valence-corrected chi connectivity index (χ3v) is 4.69. The summed E-state index contributed by atoms with van der Waals surface area (Å²) in [5, 5.41) is 2.93. The van der Waals surface area contributed by atoms with Crippen molar-refractivity contribution in [1.29, 1.82) is 0 Å². The standard InChI is InChI=1S/C17H18BrNO2/c1-17(2)8-13-16(14(20)9-17)12(7-15(21)19-13)10-4-3-5-11(18)6-10/h3-6,12H,7-9H2,1-2H3,(H,19,21)/t12-/m1/s1. The molecule has 0 unspecified atom stereocenters. The van der Waals surface area contributed by atoms with E-state index >= 15 is 0 Å². The summed E-state index contributed by atoms with van der Waals surface area (Å²) in [7, 11) is 0. The Bertz CT molecular complexity index is 661. The number of benzene rings is 1. The summed E-state index contributed by atoms with van der Waals surface area (Å²) >= 11 is 3.46. The van der Waals surface area contributed by atoms with Gasteiger partial charge in [0.15, 0.2) is 5.78 Å². The molecule has 1 atom stereocenters. The van der Waals surface area contributed by atoms with E-state index in [2.05, 4.69) is 35.1 Å². The topological polar surface area (TPSA) is 46.2 Å². The summed E-state index contributed by atoms with van der Waals surface area (Å²) in [6.45, 7) is 4.15. The van der Waals surface area contributed by atoms with Crippen molar-refractivity contribution in [2.75, 3.05) is 0 Å². The van der Waals surface area contributed by atoms with Crippen LogP contribution in [0.3, 0.4) is 0 Å². The van der Waals surface area contributed by atoms with E-state index < -0.39 is 0 Å². The molecule has 1 heterocycles. The molecule has 1 aliphatic heterocycles. The molecule has 110 valence electrons. The van der Waals surface area contributed by atoms with Gasteiger partial charge in [-0.3, -0.25) is 9.59 Å². The van der Waals surface area contributed by atoms with Gasteiger partial charge in [-0.2, -0.15) is 0 Å². The zero-order valence-electron chi connectivity index (χ0n) is 12.2. The van der Waals surface area contributed by atoms with Crippen LogP contribution in [0, 0.1) is 5.41 Å². The number of carbonyl (C=O) groups is 2. The summed E-state index contributed by atoms with van der Waals surface area (Å²) in [5.41, 5.74) is 2.59. The lowest BCUT2D eigenvalue weighted by molar-refractivity contribution is -0.122. The van der Waals surface area contributed by atoms with Crippen LogP contribution in [-0.2, 0) is 9.59 Å². The average molecular weight is 348 g/mol. The Hall–Kier alpha value is -1.42. The van der Waals surface area contributed by atoms with Gasteiger partial charge in [0.2, 0.25) is 5.91 Å². The van der Waals surface area contributed by atoms with E-state index in [1.54, 1.807) is 0 Å². The molecule has 0 aromatic heterocycles. The second-order valence-corrected chi connectivity index (χ2v) is 7.61. The zero-order chi connectivity index (χ0) is 15.2. The molecule has 0 radical (unpaired) electrons. The molecule has 1 aromatic rings. The van der Waals surface area contributed by atoms with Gasteiger partial charge >= 0.3 is 0 Å². The van der Waals surface area contributed by atoms with E-state index in [1.807, 2.05) is 24.3 Å². The van der Waals surface area contributed by atoms with Crippen molar-refractivity contribution in [3.05, 3.63) is 45.6 Å². The van der Waals surface area contributed by atoms with Crippen LogP contribution < -0.4 is 5.32 Å². The molecule has 3 nitrogen and oxygen atoms in total. The fraction of sp³-hybridized carbons (Fsp3) is 0.412. The summed E-state index contributed by atoms with van der Waals surface area (Å²) in [5.74, 6) is 0.0605. The van der Waals surface area contributed by atoms with E-state index in [0.29, 0.717) is 12.8 Å². The predicted molar refractivity (Wildman–Crippen MR) is 84.7 cm³/mol. The summed E-state index contributed by atoms with van der Waals surface area (Å²) in [4.78, 5) is 24.6. The largest absolute Gasteiger partial charge is 0.329 e. The van der Waals surface area contributed by atoms with Crippen LogP contribution in [0.1, 0.15) is 44.6 Å². The minimum Gasteiger partial charge on any atom is -0.329 e. The highest BCUT2D eigenvalue weighted by atomic mass is 79.9. The lowest BCUT2D eigenvalue weighted by Crippen LogP contribution is -2.40. The average Bonchev–Trinajstić information content (AvgIpc) is 2.35. The number of Topliss-reactive ketones (excluding diaryl/α,β-unsaturated/α-hetero) is 1. The summed E-state index contributed by atoms with van der Waals surface area (Å²) < 4.78 is 0.969. The molecule has 21 heavy (non-hydrogen) atoms. The molecule has 3 rings (SSSR count). The van der Waals surface area contributed by atoms with Crippen molar-refractivity contribution in [2.24, 2.45) is 5.41 Å². The predicted octanol–water partition coefficient (Wildman–Crippen LogP) is 3.70. The molecule has 1 aromatic carbocycles. The van der Waals surface area contributed by atoms with Crippen LogP contribution in [0.2, 0.25) is 0 Å². The molecular weight excluding hydrogens is 330 g/mol. The monoisotopic (exact) mass is 347 g/mol. The molecule has 0 spiro atoms. The highest BCUT2D eigenvalue weighted by molar-refractivity contribution is 9.10. The SMILES string of the molecule is CC1(C)CC(=O)C2=C(C1)NC(=O)C[C@@H]2c1cccc(Br)c1. The van der Waals surface area contributed by atoms with Gasteiger partial charge in [-0.05, 0) is 29.5 Å². The van der Waals surface area contributed by atoms with Crippen molar-refractivity contribution in [2.45, 2.75) is 39.0 Å². The van der Waals surface area contributed by atoms with Crippen molar-refractivity contribution in [1.82, 2.24) is 5.32 Å². The number of amides is 1. The minimum absolute atomic E-state index is 0.00391. The third-order valence-electron chi connectivity index (χ3n) is 4.20. The Morgan fingerprint density at radius 2 is 2.00 bits per heavy atom. The molecule has 0 bridgehead atoms. The summed E-state index contributed by atoms with van der Waals surface area (Å²) in [6.07, 6.45) is 1.65. The number of nitrogens with one attached hydrogen (secondary N) is 1. The number of hydrogen-bond donors (Lipinski definition) is 1. The lowest BCUT2D eigenvalue weighted by Gasteiger charge is -2.37. The van der Waals surface area contributed by atoms with Crippen molar-refractivity contribution >= 4 is 27.6 Å². The first-order chi connectivity index (χ1) is 9.85. The van der Waals surface area contributed by atoms with Gasteiger partial charge in [0.05, 0.1) is 0 Å². The van der Waals surface area contributed by atoms with Gasteiger partial charge in [0.1, 0.15) is 0 Å². The van der Waals surface area contributed by atoms with Crippen LogP contribution >= 0.6 is 15.9 Å². The Morgan fingerprint density at radius 1 is 1.24 bits per heavy atom. The van der Waals surface area contributed by atoms with Gasteiger partial charge in [-0.25, -0.2) is 0 Å². The molecular formula is C17H18BrNO2. The number of rotatable bonds is 1. The van der Waals surface area contributed by atoms with Crippen molar-refractivity contribution < 1.29 is 9.59 Å². The van der Waals surface area contributed by atoms with Crippen LogP contribution in [0.25, 0.3) is 0 Å². The first-order valence-corrected chi connectivity index (χ1v) is 7.96. The summed E-state index contributed by atoms with van der Waals surface area (Å²) in [6, 6.07) is 7.89. The molecule has 1 amide bonds. The highest BCUT2D eigenvalue weighted by Crippen LogP contribution is 2.44. The zero-order valence-corrected chi connectivity index (χ0v) is 13.8. The quantitative estimate of drug-likeness (QED) is 0.841. The van der Waals surface area contributed by atoms with Crippen molar-refractivity contribution in [3.63, 3.8) is 0 Å². The second-order valence-electron chi connectivity index (χ2n) is 6.69. The molecule has 0 fully saturated rings. The van der Waals surface area contributed by atoms with E-state index in [0.717, 1.165) is 27.7 Å². The number of allylic oxidation sites excluding steroid dienone is 2. The maximum absolute atomic E-state index is 12.6. The van der Waals surface area contributed by atoms with Gasteiger partial charge in [0.25, 0.3) is 0 Å². The Balaban J connectivity index is 2.08. The van der Waals surface area contributed by atoms with Crippen LogP contribution in [0.5, 0.6) is 0 Å². The Labute approximate surface area is 132 Å². The maximum Gasteiger partial charge on any atom is 0.225 e. The van der Waals surface area contributed by atoms with Crippen LogP contribution in [0.4, 0.5) is 0 Å². The van der Waals surface area contributed by atoms with E-state index in [9.17, 15) is 9.59 Å². The van der Waals surface area contributed by atoms with E-state index in [-0.39, 0.29) is 23.0 Å². The molecule has 4 heteroatoms. The van der Waals surface area contributed by atoms with Crippen molar-refractivity contribution in [3.8, 4) is 0 Å². The van der Waals surface area contributed by atoms with Crippen LogP contribution in [-0.4, -0.2) is 11.7 Å². The number of halogens is 1. The Morgan fingerprint density at radius 3 is 2.71 bits per heavy atom. The van der Waals surface area contributed by atoms with Gasteiger partial charge < -0.3 is 5.32 Å². The number of hydrogen-bond acceptors (Lipinski definition) is 2. The molecule has 2 aliphatic rings. The normalized spacial score (nSPS) is 24.6. The third kappa shape index (κ3) is 2.82. The van der Waals surface area contributed by atoms with Crippen LogP contribution in [0.15, 0.2) is 40.0 Å². The lowest BCUT2D eigenvalue weighted by atomic mass is 9.70. The smallest absolute Gasteiger partial charge is 0.225 e. The van der Waals surface area contributed by atoms with E-state index in [1.165, 1.54) is 0 Å². The maximum atomic E-state index is 12.6. The minimum atomic E-state index is -0.116. The number of ketones is 1. The molecule has 1 aliphatic carbocycles. The molecule has 1 N–H and O–H groups in total. The molecule has 0 saturated carbocycles. The van der Waals surface area contributed by atoms with Gasteiger partial charge in [-0.1, -0.05) is 41.9 Å². The molecule has 0 saturated heterocycles. The number of carbonyl (C=O) groups excluding carboxylic acids is 2. The Kier molecular flexibility index (Phi) is 3.52. The van der Waals surface area contributed by atoms with Gasteiger partial charge in [-0.15, -0.1) is 0 Å². The second kappa shape index (κ2) is 5.09. The first kappa shape index (κ1) is 14.5. The van der Waals surface area contributed by atoms with Gasteiger partial charge in [0, 0.05) is 34.5 Å².